The highest BCUT2D eigenvalue weighted by Crippen LogP contribution is 2.88. The fourth-order valence-corrected chi connectivity index (χ4v) is 12.0. The normalized spacial score (nSPS) is 30.4. The maximum atomic E-state index is 15.1. The van der Waals surface area contributed by atoms with Gasteiger partial charge in [-0.25, -0.2) is 18.4 Å². The Morgan fingerprint density at radius 3 is 2.11 bits per heavy atom. The second-order valence-electron chi connectivity index (χ2n) is 18.8. The third kappa shape index (κ3) is 6.55. The van der Waals surface area contributed by atoms with Crippen LogP contribution in [0, 0.1) is 33.5 Å². The van der Waals surface area contributed by atoms with E-state index in [0.717, 1.165) is 51.4 Å². The molecule has 2 heterocycles. The van der Waals surface area contributed by atoms with Crippen LogP contribution in [-0.2, 0) is 29.2 Å². The van der Waals surface area contributed by atoms with Crippen LogP contribution in [0.4, 0.5) is 0 Å². The average Bonchev–Trinajstić information content (AvgIpc) is 4.07. The van der Waals surface area contributed by atoms with Gasteiger partial charge in [0.2, 0.25) is 27.7 Å². The summed E-state index contributed by atoms with van der Waals surface area (Å²) >= 11 is 0. The van der Waals surface area contributed by atoms with Gasteiger partial charge in [0.1, 0.15) is 30.0 Å². The van der Waals surface area contributed by atoms with E-state index in [1.807, 2.05) is 20.8 Å². The summed E-state index contributed by atoms with van der Waals surface area (Å²) in [4.78, 5) is 80.5. The molecule has 5 amide bonds. The van der Waals surface area contributed by atoms with E-state index in [2.05, 4.69) is 51.1 Å². The Labute approximate surface area is 324 Å². The molecule has 6 aliphatic rings. The van der Waals surface area contributed by atoms with Crippen molar-refractivity contribution in [1.82, 2.24) is 35.5 Å². The van der Waals surface area contributed by atoms with Gasteiger partial charge in [0.05, 0.1) is 10.8 Å². The molecule has 0 unspecified atom stereocenters. The Hall–Kier alpha value is -3.88. The van der Waals surface area contributed by atoms with E-state index in [-0.39, 0.29) is 34.1 Å². The molecule has 300 valence electrons. The van der Waals surface area contributed by atoms with Crippen molar-refractivity contribution in [3.8, 4) is 0 Å². The lowest BCUT2D eigenvalue weighted by atomic mass is 9.73. The largest absolute Gasteiger partial charge is 0.342 e. The number of aromatic nitrogens is 2. The predicted octanol–water partition coefficient (Wildman–Crippen LogP) is 3.15. The average molecular weight is 780 g/mol. The molecule has 1 aromatic rings. The third-order valence-corrected chi connectivity index (χ3v) is 16.4. The fourth-order valence-electron chi connectivity index (χ4n) is 10.6. The van der Waals surface area contributed by atoms with Gasteiger partial charge < -0.3 is 20.9 Å². The van der Waals surface area contributed by atoms with Gasteiger partial charge in [-0.2, -0.15) is 0 Å². The van der Waals surface area contributed by atoms with Gasteiger partial charge >= 0.3 is 0 Å². The lowest BCUT2D eigenvalue weighted by molar-refractivity contribution is -0.145. The summed E-state index contributed by atoms with van der Waals surface area (Å²) in [5, 5.41) is 8.28. The van der Waals surface area contributed by atoms with Crippen LogP contribution in [0.5, 0.6) is 0 Å². The molecule has 0 radical (unpaired) electrons. The van der Waals surface area contributed by atoms with Crippen molar-refractivity contribution in [3.63, 3.8) is 0 Å². The first-order valence-electron chi connectivity index (χ1n) is 20.0. The highest BCUT2D eigenvalue weighted by Gasteiger charge is 2.85. The molecule has 5 aliphatic carbocycles. The Kier molecular flexibility index (Phi) is 9.77. The molecule has 4 N–H and O–H groups in total. The number of carbonyl (C=O) groups excluding carboxylic acids is 5. The van der Waals surface area contributed by atoms with E-state index < -0.39 is 79.8 Å². The first-order valence-corrected chi connectivity index (χ1v) is 21.6. The number of amides is 5. The van der Waals surface area contributed by atoms with Crippen molar-refractivity contribution in [3.05, 3.63) is 36.9 Å². The second kappa shape index (κ2) is 13.7. The van der Waals surface area contributed by atoms with E-state index in [9.17, 15) is 27.6 Å². The molecule has 1 aliphatic heterocycles. The molecule has 2 spiro atoms. The van der Waals surface area contributed by atoms with Crippen molar-refractivity contribution in [2.24, 2.45) is 33.5 Å². The zero-order valence-corrected chi connectivity index (χ0v) is 33.6. The first-order chi connectivity index (χ1) is 25.8. The van der Waals surface area contributed by atoms with Gasteiger partial charge in [0.25, 0.3) is 11.8 Å². The van der Waals surface area contributed by atoms with Crippen LogP contribution in [0.2, 0.25) is 0 Å². The second-order valence-corrected chi connectivity index (χ2v) is 20.8. The number of fused-ring (bicyclic) bond motifs is 1. The minimum absolute atomic E-state index is 0.0256. The molecule has 6 atom stereocenters. The highest BCUT2D eigenvalue weighted by atomic mass is 32.2. The Bertz CT molecular complexity index is 1870. The molecular formula is C40H57N7O7S. The van der Waals surface area contributed by atoms with Crippen LogP contribution in [0.25, 0.3) is 0 Å². The zero-order chi connectivity index (χ0) is 39.8. The van der Waals surface area contributed by atoms with Crippen molar-refractivity contribution < 1.29 is 32.4 Å². The van der Waals surface area contributed by atoms with E-state index in [0.29, 0.717) is 25.8 Å². The number of hydrogen-bond acceptors (Lipinski definition) is 9. The van der Waals surface area contributed by atoms with E-state index in [1.165, 1.54) is 18.7 Å². The van der Waals surface area contributed by atoms with Gasteiger partial charge in [-0.05, 0) is 73.5 Å². The summed E-state index contributed by atoms with van der Waals surface area (Å²) in [6.45, 7) is 14.1. The van der Waals surface area contributed by atoms with E-state index >= 15 is 4.79 Å². The molecule has 0 aromatic carbocycles. The quantitative estimate of drug-likeness (QED) is 0.231. The van der Waals surface area contributed by atoms with Gasteiger partial charge in [0, 0.05) is 30.3 Å². The first kappa shape index (κ1) is 39.4. The minimum atomic E-state index is -3.88. The molecule has 0 bridgehead atoms. The lowest BCUT2D eigenvalue weighted by Crippen LogP contribution is -2.62. The molecule has 7 rings (SSSR count). The van der Waals surface area contributed by atoms with Crippen molar-refractivity contribution >= 4 is 39.6 Å². The van der Waals surface area contributed by atoms with Crippen molar-refractivity contribution in [1.29, 1.82) is 0 Å². The Balaban J connectivity index is 1.16. The van der Waals surface area contributed by atoms with E-state index in [1.54, 1.807) is 11.0 Å². The van der Waals surface area contributed by atoms with Gasteiger partial charge in [0.15, 0.2) is 0 Å². The number of likely N-dealkylation sites (tertiary alicyclic amines) is 1. The van der Waals surface area contributed by atoms with Crippen LogP contribution in [0.3, 0.4) is 0 Å². The monoisotopic (exact) mass is 779 g/mol. The standard InChI is InChI=1S/C40H57N7O7S/c1-7-26-18-40(26,35(52)46-55(53,54)27-14-15-27)45-32(49)28-19-39(37(5,6)38(39)16-11-17-38)22-47(28)34(51)30(36(2,3)4)44-33(50)29(24-12-9-8-10-13-24)43-31(48)25-20-41-23-42-21-25/h7,20-21,23-24,26-30H,1,8-19,22H2,2-6H3,(H,43,48)(H,44,50)(H,45,49)(H,46,52)/t26-,28+,29+,30-,39-,40-/m1/s1. The molecule has 55 heavy (non-hydrogen) atoms. The highest BCUT2D eigenvalue weighted by molar-refractivity contribution is 7.91. The smallest absolute Gasteiger partial charge is 0.259 e. The van der Waals surface area contributed by atoms with Crippen LogP contribution in [0.15, 0.2) is 31.4 Å². The van der Waals surface area contributed by atoms with E-state index in [4.69, 9.17) is 0 Å². The van der Waals surface area contributed by atoms with Crippen LogP contribution < -0.4 is 20.7 Å². The molecule has 1 saturated heterocycles. The summed E-state index contributed by atoms with van der Waals surface area (Å²) < 4.78 is 27.8. The lowest BCUT2D eigenvalue weighted by Gasteiger charge is -2.38. The third-order valence-electron chi connectivity index (χ3n) is 14.6. The Morgan fingerprint density at radius 1 is 0.927 bits per heavy atom. The van der Waals surface area contributed by atoms with Crippen molar-refractivity contribution in [2.45, 2.75) is 141 Å². The number of hydrogen-bond donors (Lipinski definition) is 4. The van der Waals surface area contributed by atoms with Crippen LogP contribution in [-0.4, -0.2) is 88.3 Å². The van der Waals surface area contributed by atoms with Crippen molar-refractivity contribution in [2.75, 3.05) is 6.54 Å². The molecule has 1 aromatic heterocycles. The SMILES string of the molecule is C=C[C@@H]1C[C@]1(NC(=O)[C@@H]1C[C@@]2(CN1C(=O)[C@@H](NC(=O)[C@@H](NC(=O)c1cncnc1)C1CCCCC1)C(C)(C)C)C(C)(C)C21CCC1)C(=O)NS(=O)(=O)C1CC1. The molecule has 6 fully saturated rings. The predicted molar refractivity (Wildman–Crippen MR) is 203 cm³/mol. The fraction of sp³-hybridized carbons (Fsp3) is 0.725. The van der Waals surface area contributed by atoms with Gasteiger partial charge in [-0.15, -0.1) is 6.58 Å². The van der Waals surface area contributed by atoms with Gasteiger partial charge in [-0.1, -0.05) is 66.4 Å². The molecule has 15 heteroatoms. The molecule has 5 saturated carbocycles. The molecular weight excluding hydrogens is 723 g/mol. The summed E-state index contributed by atoms with van der Waals surface area (Å²) in [5.41, 5.74) is -2.59. The summed E-state index contributed by atoms with van der Waals surface area (Å²) in [6, 6.07) is -2.93. The van der Waals surface area contributed by atoms with Crippen LogP contribution >= 0.6 is 0 Å². The topological polar surface area (TPSA) is 197 Å². The maximum absolute atomic E-state index is 15.1. The Morgan fingerprint density at radius 2 is 1.58 bits per heavy atom. The zero-order valence-electron chi connectivity index (χ0n) is 32.8. The summed E-state index contributed by atoms with van der Waals surface area (Å²) in [6.07, 6.45) is 14.6. The minimum Gasteiger partial charge on any atom is -0.342 e. The molecule has 14 nitrogen and oxygen atoms in total. The maximum Gasteiger partial charge on any atom is 0.259 e. The summed E-state index contributed by atoms with van der Waals surface area (Å²) in [7, 11) is -3.88. The number of carbonyl (C=O) groups is 5. The number of sulfonamides is 1. The van der Waals surface area contributed by atoms with Gasteiger partial charge in [-0.3, -0.25) is 28.7 Å². The van der Waals surface area contributed by atoms with Crippen LogP contribution in [0.1, 0.15) is 122 Å². The number of nitrogens with one attached hydrogen (secondary N) is 4. The summed E-state index contributed by atoms with van der Waals surface area (Å²) in [5.74, 6) is -3.29. The number of nitrogens with zero attached hydrogens (tertiary/aromatic N) is 3. The number of rotatable bonds is 12.